The molecule has 0 radical (unpaired) electrons. The molecule has 4 heteroatoms. The standard InChI is InChI=1S/C20H25FN2O/c1-15(2)22-13-7-11-19(22)20(24)23-12-5-3-4-10-18(23)16-8-6-9-17(21)14-16/h6-9,11,13-15,18H,3-5,10,12H2,1-2H3. The fraction of sp³-hybridized carbons (Fsp3) is 0.450. The van der Waals surface area contributed by atoms with Crippen molar-refractivity contribution in [3.63, 3.8) is 0 Å². The van der Waals surface area contributed by atoms with Gasteiger partial charge in [-0.1, -0.05) is 25.0 Å². The van der Waals surface area contributed by atoms with Gasteiger partial charge in [-0.15, -0.1) is 0 Å². The van der Waals surface area contributed by atoms with E-state index in [1.165, 1.54) is 6.07 Å². The Balaban J connectivity index is 1.95. The second kappa shape index (κ2) is 7.20. The Kier molecular flexibility index (Phi) is 5.03. The van der Waals surface area contributed by atoms with Gasteiger partial charge in [0, 0.05) is 18.8 Å². The van der Waals surface area contributed by atoms with Gasteiger partial charge < -0.3 is 9.47 Å². The fourth-order valence-corrected chi connectivity index (χ4v) is 3.58. The smallest absolute Gasteiger partial charge is 0.270 e. The number of halogens is 1. The molecule has 1 amide bonds. The quantitative estimate of drug-likeness (QED) is 0.781. The molecule has 1 aromatic carbocycles. The number of amides is 1. The lowest BCUT2D eigenvalue weighted by atomic mass is 10.0. The maximum absolute atomic E-state index is 13.7. The Labute approximate surface area is 143 Å². The molecule has 1 saturated heterocycles. The highest BCUT2D eigenvalue weighted by Gasteiger charge is 2.29. The van der Waals surface area contributed by atoms with Crippen LogP contribution in [0.25, 0.3) is 0 Å². The molecule has 1 fully saturated rings. The lowest BCUT2D eigenvalue weighted by Crippen LogP contribution is -2.36. The minimum atomic E-state index is -0.241. The lowest BCUT2D eigenvalue weighted by Gasteiger charge is -2.31. The van der Waals surface area contributed by atoms with Crippen LogP contribution >= 0.6 is 0 Å². The van der Waals surface area contributed by atoms with Crippen LogP contribution in [0.5, 0.6) is 0 Å². The van der Waals surface area contributed by atoms with Crippen LogP contribution in [0.15, 0.2) is 42.6 Å². The van der Waals surface area contributed by atoms with Gasteiger partial charge in [0.05, 0.1) is 6.04 Å². The van der Waals surface area contributed by atoms with Crippen LogP contribution in [-0.2, 0) is 0 Å². The van der Waals surface area contributed by atoms with E-state index < -0.39 is 0 Å². The first kappa shape index (κ1) is 16.7. The van der Waals surface area contributed by atoms with Crippen LogP contribution in [0.4, 0.5) is 4.39 Å². The van der Waals surface area contributed by atoms with E-state index in [1.807, 2.05) is 33.9 Å². The summed E-state index contributed by atoms with van der Waals surface area (Å²) >= 11 is 0. The number of hydrogen-bond donors (Lipinski definition) is 0. The molecular weight excluding hydrogens is 303 g/mol. The zero-order valence-electron chi connectivity index (χ0n) is 14.4. The van der Waals surface area contributed by atoms with E-state index in [9.17, 15) is 9.18 Å². The van der Waals surface area contributed by atoms with Gasteiger partial charge in [0.2, 0.25) is 0 Å². The SMILES string of the molecule is CC(C)n1cccc1C(=O)N1CCCCCC1c1cccc(F)c1. The predicted molar refractivity (Wildman–Crippen MR) is 93.5 cm³/mol. The van der Waals surface area contributed by atoms with Gasteiger partial charge in [-0.3, -0.25) is 4.79 Å². The first-order chi connectivity index (χ1) is 11.6. The summed E-state index contributed by atoms with van der Waals surface area (Å²) in [7, 11) is 0. The van der Waals surface area contributed by atoms with Crippen molar-refractivity contribution in [3.05, 3.63) is 59.7 Å². The third-order valence-electron chi connectivity index (χ3n) is 4.80. The third-order valence-corrected chi connectivity index (χ3v) is 4.80. The van der Waals surface area contributed by atoms with E-state index in [0.29, 0.717) is 5.69 Å². The monoisotopic (exact) mass is 328 g/mol. The lowest BCUT2D eigenvalue weighted by molar-refractivity contribution is 0.0667. The molecule has 0 spiro atoms. The van der Waals surface area contributed by atoms with E-state index >= 15 is 0 Å². The molecule has 1 atom stereocenters. The molecular formula is C20H25FN2O. The van der Waals surface area contributed by atoms with Gasteiger partial charge in [0.25, 0.3) is 5.91 Å². The Bertz CT molecular complexity index is 707. The van der Waals surface area contributed by atoms with Gasteiger partial charge >= 0.3 is 0 Å². The van der Waals surface area contributed by atoms with Crippen molar-refractivity contribution in [2.75, 3.05) is 6.54 Å². The van der Waals surface area contributed by atoms with Gasteiger partial charge in [0.15, 0.2) is 0 Å². The maximum Gasteiger partial charge on any atom is 0.270 e. The molecule has 1 unspecified atom stereocenters. The Morgan fingerprint density at radius 1 is 1.17 bits per heavy atom. The molecule has 0 aliphatic carbocycles. The molecule has 0 saturated carbocycles. The van der Waals surface area contributed by atoms with Crippen molar-refractivity contribution in [1.82, 2.24) is 9.47 Å². The Morgan fingerprint density at radius 3 is 2.75 bits per heavy atom. The zero-order chi connectivity index (χ0) is 17.1. The molecule has 3 rings (SSSR count). The molecule has 1 aliphatic rings. The average Bonchev–Trinajstić information content (AvgIpc) is 2.92. The largest absolute Gasteiger partial charge is 0.341 e. The highest BCUT2D eigenvalue weighted by atomic mass is 19.1. The summed E-state index contributed by atoms with van der Waals surface area (Å²) in [6.07, 6.45) is 6.02. The number of carbonyl (C=O) groups excluding carboxylic acids is 1. The summed E-state index contributed by atoms with van der Waals surface area (Å²) in [4.78, 5) is 15.2. The van der Waals surface area contributed by atoms with Crippen LogP contribution in [0.2, 0.25) is 0 Å². The van der Waals surface area contributed by atoms with Crippen molar-refractivity contribution in [3.8, 4) is 0 Å². The Hall–Kier alpha value is -2.10. The molecule has 128 valence electrons. The highest BCUT2D eigenvalue weighted by molar-refractivity contribution is 5.93. The third kappa shape index (κ3) is 3.37. The Morgan fingerprint density at radius 2 is 2.00 bits per heavy atom. The molecule has 3 nitrogen and oxygen atoms in total. The molecule has 2 aromatic rings. The molecule has 0 bridgehead atoms. The zero-order valence-corrected chi connectivity index (χ0v) is 14.4. The molecule has 1 aliphatic heterocycles. The van der Waals surface area contributed by atoms with E-state index in [4.69, 9.17) is 0 Å². The summed E-state index contributed by atoms with van der Waals surface area (Å²) in [5, 5.41) is 0. The summed E-state index contributed by atoms with van der Waals surface area (Å²) in [6.45, 7) is 4.87. The molecule has 0 N–H and O–H groups in total. The van der Waals surface area contributed by atoms with Crippen LogP contribution in [0, 0.1) is 5.82 Å². The molecule has 2 heterocycles. The van der Waals surface area contributed by atoms with Crippen molar-refractivity contribution >= 4 is 5.91 Å². The number of benzene rings is 1. The first-order valence-electron chi connectivity index (χ1n) is 8.81. The minimum absolute atomic E-state index is 0.0462. The van der Waals surface area contributed by atoms with Gasteiger partial charge in [-0.05, 0) is 56.5 Å². The molecule has 24 heavy (non-hydrogen) atoms. The summed E-state index contributed by atoms with van der Waals surface area (Å²) < 4.78 is 15.7. The summed E-state index contributed by atoms with van der Waals surface area (Å²) in [5.74, 6) is -0.195. The van der Waals surface area contributed by atoms with Crippen molar-refractivity contribution in [1.29, 1.82) is 0 Å². The maximum atomic E-state index is 13.7. The van der Waals surface area contributed by atoms with Crippen LogP contribution in [0.3, 0.4) is 0 Å². The predicted octanol–water partition coefficient (Wildman–Crippen LogP) is 4.97. The normalized spacial score (nSPS) is 18.7. The van der Waals surface area contributed by atoms with E-state index in [1.54, 1.807) is 12.1 Å². The second-order valence-corrected chi connectivity index (χ2v) is 6.81. The topological polar surface area (TPSA) is 25.2 Å². The van der Waals surface area contributed by atoms with E-state index in [0.717, 1.165) is 37.8 Å². The summed E-state index contributed by atoms with van der Waals surface area (Å²) in [5.41, 5.74) is 1.61. The van der Waals surface area contributed by atoms with Crippen LogP contribution < -0.4 is 0 Å². The second-order valence-electron chi connectivity index (χ2n) is 6.81. The van der Waals surface area contributed by atoms with Crippen LogP contribution in [0.1, 0.15) is 67.7 Å². The number of aromatic nitrogens is 1. The fourth-order valence-electron chi connectivity index (χ4n) is 3.58. The number of rotatable bonds is 3. The van der Waals surface area contributed by atoms with Gasteiger partial charge in [-0.25, -0.2) is 4.39 Å². The number of carbonyl (C=O) groups is 1. The van der Waals surface area contributed by atoms with E-state index in [-0.39, 0.29) is 23.8 Å². The van der Waals surface area contributed by atoms with Crippen LogP contribution in [-0.4, -0.2) is 21.9 Å². The van der Waals surface area contributed by atoms with Crippen molar-refractivity contribution < 1.29 is 9.18 Å². The minimum Gasteiger partial charge on any atom is -0.341 e. The average molecular weight is 328 g/mol. The number of nitrogens with zero attached hydrogens (tertiary/aromatic N) is 2. The van der Waals surface area contributed by atoms with Crippen molar-refractivity contribution in [2.24, 2.45) is 0 Å². The van der Waals surface area contributed by atoms with Crippen molar-refractivity contribution in [2.45, 2.75) is 51.6 Å². The number of hydrogen-bond acceptors (Lipinski definition) is 1. The molecule has 1 aromatic heterocycles. The van der Waals surface area contributed by atoms with Gasteiger partial charge in [0.1, 0.15) is 11.5 Å². The van der Waals surface area contributed by atoms with E-state index in [2.05, 4.69) is 13.8 Å². The van der Waals surface area contributed by atoms with Gasteiger partial charge in [-0.2, -0.15) is 0 Å². The number of likely N-dealkylation sites (tertiary alicyclic amines) is 1. The summed E-state index contributed by atoms with van der Waals surface area (Å²) in [6, 6.07) is 10.7. The first-order valence-corrected chi connectivity index (χ1v) is 8.81. The highest BCUT2D eigenvalue weighted by Crippen LogP contribution is 2.32.